The molecule has 2 saturated carbocycles. The lowest BCUT2D eigenvalue weighted by Crippen LogP contribution is -2.40. The Morgan fingerprint density at radius 3 is 2.73 bits per heavy atom. The maximum atomic E-state index is 11.3. The molecule has 1 aliphatic heterocycles. The molecule has 0 radical (unpaired) electrons. The number of carbonyl (C=O) groups excluding carboxylic acids is 1. The van der Waals surface area contributed by atoms with Crippen LogP contribution < -0.4 is 0 Å². The van der Waals surface area contributed by atoms with Crippen LogP contribution in [-0.4, -0.2) is 52.5 Å². The Balaban J connectivity index is 1.53. The molecular weight excluding hydrogens is 448 g/mol. The number of carbonyl (C=O) groups is 1. The van der Waals surface area contributed by atoms with Gasteiger partial charge >= 0.3 is 5.97 Å². The zero-order valence-corrected chi connectivity index (χ0v) is 20.1. The van der Waals surface area contributed by atoms with Gasteiger partial charge in [0.15, 0.2) is 0 Å². The van der Waals surface area contributed by atoms with E-state index in [1.807, 2.05) is 6.08 Å². The summed E-state index contributed by atoms with van der Waals surface area (Å²) < 4.78 is 11.0. The van der Waals surface area contributed by atoms with Crippen LogP contribution >= 0.6 is 15.9 Å². The van der Waals surface area contributed by atoms with Gasteiger partial charge in [-0.2, -0.15) is 0 Å². The van der Waals surface area contributed by atoms with Crippen LogP contribution in [0.5, 0.6) is 0 Å². The molecule has 5 nitrogen and oxygen atoms in total. The molecule has 2 unspecified atom stereocenters. The summed E-state index contributed by atoms with van der Waals surface area (Å²) in [4.78, 5) is 11.5. The summed E-state index contributed by atoms with van der Waals surface area (Å²) in [6.45, 7) is 2.20. The average molecular weight is 487 g/mol. The molecule has 0 bridgehead atoms. The number of hydrogen-bond acceptors (Lipinski definition) is 5. The van der Waals surface area contributed by atoms with Crippen LogP contribution in [0.1, 0.15) is 77.6 Å². The minimum atomic E-state index is -0.413. The van der Waals surface area contributed by atoms with E-state index in [0.29, 0.717) is 18.8 Å². The summed E-state index contributed by atoms with van der Waals surface area (Å²) in [6.07, 6.45) is 13.9. The van der Waals surface area contributed by atoms with E-state index in [1.54, 1.807) is 0 Å². The van der Waals surface area contributed by atoms with Crippen molar-refractivity contribution in [2.24, 2.45) is 17.3 Å². The lowest BCUT2D eigenvalue weighted by atomic mass is 9.62. The minimum absolute atomic E-state index is 0.0488. The Bertz CT molecular complexity index is 590. The topological polar surface area (TPSA) is 76.0 Å². The fraction of sp³-hybridized carbons (Fsp3) is 0.875. The number of unbranched alkanes of at least 4 members (excludes halogenated alkanes) is 1. The number of alkyl halides is 1. The van der Waals surface area contributed by atoms with E-state index in [2.05, 4.69) is 28.9 Å². The summed E-state index contributed by atoms with van der Waals surface area (Å²) >= 11 is 3.75. The van der Waals surface area contributed by atoms with Gasteiger partial charge in [-0.1, -0.05) is 54.3 Å². The van der Waals surface area contributed by atoms with Crippen molar-refractivity contribution in [3.63, 3.8) is 0 Å². The summed E-state index contributed by atoms with van der Waals surface area (Å²) in [5.41, 5.74) is 0.0603. The van der Waals surface area contributed by atoms with Crippen LogP contribution in [0.2, 0.25) is 0 Å². The minimum Gasteiger partial charge on any atom is -0.469 e. The lowest BCUT2D eigenvalue weighted by molar-refractivity contribution is -0.140. The number of ether oxygens (including phenoxy) is 2. The summed E-state index contributed by atoms with van der Waals surface area (Å²) in [5.74, 6) is 0.170. The van der Waals surface area contributed by atoms with E-state index in [1.165, 1.54) is 20.0 Å². The van der Waals surface area contributed by atoms with Crippen molar-refractivity contribution < 1.29 is 24.5 Å². The number of fused-ring (bicyclic) bond motifs is 1. The molecule has 30 heavy (non-hydrogen) atoms. The third-order valence-corrected chi connectivity index (χ3v) is 8.80. The SMILES string of the molecule is CCCCC1([C@H](O)/C=C/[C@@H]2[C@H]3CC(C(Br)CCCC(=O)OC)O[C@@H]3C[C@H]2O)CCC1. The molecule has 2 aliphatic carbocycles. The first-order valence-corrected chi connectivity index (χ1v) is 12.7. The largest absolute Gasteiger partial charge is 0.469 e. The zero-order chi connectivity index (χ0) is 21.7. The van der Waals surface area contributed by atoms with Crippen LogP contribution in [0.4, 0.5) is 0 Å². The average Bonchev–Trinajstić information content (AvgIpc) is 3.22. The third kappa shape index (κ3) is 5.48. The highest BCUT2D eigenvalue weighted by Gasteiger charge is 2.49. The van der Waals surface area contributed by atoms with Crippen molar-refractivity contribution >= 4 is 21.9 Å². The second-order valence-corrected chi connectivity index (χ2v) is 10.8. The molecule has 0 aromatic heterocycles. The molecule has 2 N–H and O–H groups in total. The quantitative estimate of drug-likeness (QED) is 0.255. The highest BCUT2D eigenvalue weighted by Crippen LogP contribution is 2.49. The number of rotatable bonds is 11. The molecule has 3 rings (SSSR count). The van der Waals surface area contributed by atoms with Gasteiger partial charge in [0.05, 0.1) is 31.5 Å². The van der Waals surface area contributed by atoms with Gasteiger partial charge in [0, 0.05) is 23.6 Å². The van der Waals surface area contributed by atoms with Crippen molar-refractivity contribution in [1.29, 1.82) is 0 Å². The van der Waals surface area contributed by atoms with E-state index in [-0.39, 0.29) is 34.3 Å². The first-order chi connectivity index (χ1) is 14.4. The fourth-order valence-electron chi connectivity index (χ4n) is 5.64. The first-order valence-electron chi connectivity index (χ1n) is 11.8. The third-order valence-electron chi connectivity index (χ3n) is 7.76. The van der Waals surface area contributed by atoms with E-state index in [9.17, 15) is 15.0 Å². The Hall–Kier alpha value is -0.430. The molecule has 172 valence electrons. The second kappa shape index (κ2) is 10.9. The summed E-state index contributed by atoms with van der Waals surface area (Å²) in [7, 11) is 1.42. The fourth-order valence-corrected chi connectivity index (χ4v) is 6.31. The van der Waals surface area contributed by atoms with E-state index >= 15 is 0 Å². The second-order valence-electron chi connectivity index (χ2n) is 9.63. The van der Waals surface area contributed by atoms with Crippen molar-refractivity contribution in [1.82, 2.24) is 0 Å². The number of aliphatic hydroxyl groups is 2. The normalized spacial score (nSPS) is 34.5. The molecule has 0 spiro atoms. The Morgan fingerprint density at radius 2 is 2.10 bits per heavy atom. The maximum absolute atomic E-state index is 11.3. The Kier molecular flexibility index (Phi) is 8.82. The van der Waals surface area contributed by atoms with Gasteiger partial charge < -0.3 is 19.7 Å². The number of aliphatic hydroxyl groups excluding tert-OH is 2. The van der Waals surface area contributed by atoms with Crippen molar-refractivity contribution in [2.45, 2.75) is 107 Å². The van der Waals surface area contributed by atoms with Crippen molar-refractivity contribution in [3.8, 4) is 0 Å². The summed E-state index contributed by atoms with van der Waals surface area (Å²) in [6, 6.07) is 0. The zero-order valence-electron chi connectivity index (χ0n) is 18.5. The molecule has 0 amide bonds. The monoisotopic (exact) mass is 486 g/mol. The highest BCUT2D eigenvalue weighted by atomic mass is 79.9. The van der Waals surface area contributed by atoms with Gasteiger partial charge in [-0.15, -0.1) is 0 Å². The molecular formula is C24H39BrO5. The molecule has 0 aromatic carbocycles. The van der Waals surface area contributed by atoms with E-state index < -0.39 is 12.2 Å². The van der Waals surface area contributed by atoms with Gasteiger partial charge in [-0.25, -0.2) is 0 Å². The van der Waals surface area contributed by atoms with Crippen LogP contribution in [-0.2, 0) is 14.3 Å². The van der Waals surface area contributed by atoms with Crippen molar-refractivity contribution in [2.75, 3.05) is 7.11 Å². The highest BCUT2D eigenvalue weighted by molar-refractivity contribution is 9.09. The van der Waals surface area contributed by atoms with E-state index in [0.717, 1.165) is 44.9 Å². The first kappa shape index (κ1) is 24.2. The number of hydrogen-bond donors (Lipinski definition) is 2. The van der Waals surface area contributed by atoms with Gasteiger partial charge in [0.25, 0.3) is 0 Å². The molecule has 6 heteroatoms. The Labute approximate surface area is 189 Å². The molecule has 1 heterocycles. The standard InChI is InChI=1S/C24H39BrO5/c1-3-4-11-24(12-6-13-24)22(27)10-9-16-17-14-21(30-20(17)15-19(16)26)18(25)7-5-8-23(28)29-2/h9-10,16-22,26-27H,3-8,11-15H2,1-2H3/b10-9+/t16-,17-,18?,19-,20-,21?,22-/m1/s1. The predicted molar refractivity (Wildman–Crippen MR) is 120 cm³/mol. The molecule has 3 aliphatic rings. The van der Waals surface area contributed by atoms with Gasteiger partial charge in [-0.3, -0.25) is 4.79 Å². The van der Waals surface area contributed by atoms with E-state index in [4.69, 9.17) is 9.47 Å². The summed E-state index contributed by atoms with van der Waals surface area (Å²) in [5, 5.41) is 21.5. The molecule has 7 atom stereocenters. The van der Waals surface area contributed by atoms with Gasteiger partial charge in [0.2, 0.25) is 0 Å². The maximum Gasteiger partial charge on any atom is 0.305 e. The van der Waals surface area contributed by atoms with Gasteiger partial charge in [0.1, 0.15) is 0 Å². The van der Waals surface area contributed by atoms with Crippen LogP contribution in [0.3, 0.4) is 0 Å². The number of esters is 1. The number of halogens is 1. The predicted octanol–water partition coefficient (Wildman–Crippen LogP) is 4.53. The van der Waals surface area contributed by atoms with Crippen LogP contribution in [0.15, 0.2) is 12.2 Å². The van der Waals surface area contributed by atoms with Crippen LogP contribution in [0, 0.1) is 17.3 Å². The molecule has 1 saturated heterocycles. The van der Waals surface area contributed by atoms with Gasteiger partial charge in [-0.05, 0) is 49.9 Å². The molecule has 3 fully saturated rings. The number of methoxy groups -OCH3 is 1. The van der Waals surface area contributed by atoms with Crippen molar-refractivity contribution in [3.05, 3.63) is 12.2 Å². The smallest absolute Gasteiger partial charge is 0.305 e. The van der Waals surface area contributed by atoms with Crippen LogP contribution in [0.25, 0.3) is 0 Å². The Morgan fingerprint density at radius 1 is 1.33 bits per heavy atom. The molecule has 0 aromatic rings. The lowest BCUT2D eigenvalue weighted by Gasteiger charge is -2.45.